The van der Waals surface area contributed by atoms with Crippen LogP contribution in [0, 0.1) is 23.7 Å². The van der Waals surface area contributed by atoms with E-state index in [1.807, 2.05) is 13.0 Å². The van der Waals surface area contributed by atoms with Crippen LogP contribution in [0.1, 0.15) is 71.8 Å². The number of nitrogens with zero attached hydrogens (tertiary/aromatic N) is 3. The van der Waals surface area contributed by atoms with Crippen molar-refractivity contribution in [3.8, 4) is 0 Å². The maximum Gasteiger partial charge on any atom is 0.254 e. The van der Waals surface area contributed by atoms with E-state index in [9.17, 15) is 4.79 Å². The molecule has 0 aliphatic heterocycles. The average Bonchev–Trinajstić information content (AvgIpc) is 3.22. The number of hydrogen-bond acceptors (Lipinski definition) is 4. The van der Waals surface area contributed by atoms with E-state index >= 15 is 0 Å². The van der Waals surface area contributed by atoms with Gasteiger partial charge >= 0.3 is 0 Å². The molecule has 0 aromatic heterocycles. The molecule has 0 saturated heterocycles. The number of unbranched alkanes of at least 4 members (excludes halogenated alkanes) is 2. The summed E-state index contributed by atoms with van der Waals surface area (Å²) < 4.78 is 0. The van der Waals surface area contributed by atoms with E-state index in [2.05, 4.69) is 48.2 Å². The van der Waals surface area contributed by atoms with Gasteiger partial charge in [0.1, 0.15) is 5.84 Å². The predicted octanol–water partition coefficient (Wildman–Crippen LogP) is 5.98. The van der Waals surface area contributed by atoms with Crippen LogP contribution in [-0.4, -0.2) is 30.4 Å². The van der Waals surface area contributed by atoms with E-state index < -0.39 is 6.04 Å². The number of nitrogens with one attached hydrogen (secondary N) is 1. The van der Waals surface area contributed by atoms with Crippen molar-refractivity contribution in [2.45, 2.75) is 85.2 Å². The number of halogens is 1. The van der Waals surface area contributed by atoms with Gasteiger partial charge in [-0.3, -0.25) is 9.79 Å². The maximum absolute atomic E-state index is 13.4. The second-order valence-corrected chi connectivity index (χ2v) is 10.8. The Kier molecular flexibility index (Phi) is 7.64. The molecule has 2 aliphatic rings. The molecular weight excluding hydrogens is 422 g/mol. The number of azo groups is 1. The molecule has 2 saturated carbocycles. The Hall–Kier alpha value is -1.95. The summed E-state index contributed by atoms with van der Waals surface area (Å²) >= 11 is 6.12. The Bertz CT molecular complexity index is 892. The number of nitrogens with two attached hydrogens (primary N) is 1. The molecule has 1 aromatic rings. The molecule has 6 nitrogen and oxygen atoms in total. The SMILES string of the molecule is CCCCCN=C(N)C(N=Nc1ccc(Cl)c(C)c1)C(=O)NC1C2(C)CCC(C2)C1(C)C. The van der Waals surface area contributed by atoms with Gasteiger partial charge in [-0.2, -0.15) is 10.2 Å². The zero-order valence-corrected chi connectivity index (χ0v) is 20.9. The van der Waals surface area contributed by atoms with Gasteiger partial charge in [-0.1, -0.05) is 52.1 Å². The molecule has 2 bridgehead atoms. The molecule has 2 aliphatic carbocycles. The van der Waals surface area contributed by atoms with Crippen molar-refractivity contribution in [3.05, 3.63) is 28.8 Å². The van der Waals surface area contributed by atoms with E-state index in [0.717, 1.165) is 37.7 Å². The zero-order chi connectivity index (χ0) is 23.5. The number of benzene rings is 1. The highest BCUT2D eigenvalue weighted by Crippen LogP contribution is 2.62. The minimum atomic E-state index is -0.939. The molecule has 176 valence electrons. The molecule has 0 heterocycles. The molecule has 7 heteroatoms. The van der Waals surface area contributed by atoms with Gasteiger partial charge in [0.15, 0.2) is 0 Å². The van der Waals surface area contributed by atoms with Gasteiger partial charge in [-0.05, 0) is 73.1 Å². The van der Waals surface area contributed by atoms with E-state index in [1.54, 1.807) is 12.1 Å². The summed E-state index contributed by atoms with van der Waals surface area (Å²) in [6.07, 6.45) is 6.65. The maximum atomic E-state index is 13.4. The monoisotopic (exact) mass is 459 g/mol. The molecule has 32 heavy (non-hydrogen) atoms. The second kappa shape index (κ2) is 9.90. The number of aryl methyl sites for hydroxylation is 1. The van der Waals surface area contributed by atoms with Gasteiger partial charge in [-0.25, -0.2) is 0 Å². The first-order valence-electron chi connectivity index (χ1n) is 11.9. The summed E-state index contributed by atoms with van der Waals surface area (Å²) in [4.78, 5) is 17.9. The Morgan fingerprint density at radius 2 is 2.06 bits per heavy atom. The number of carbonyl (C=O) groups excluding carboxylic acids is 1. The van der Waals surface area contributed by atoms with Crippen molar-refractivity contribution < 1.29 is 4.79 Å². The van der Waals surface area contributed by atoms with E-state index in [0.29, 0.717) is 23.2 Å². The Balaban J connectivity index is 1.81. The summed E-state index contributed by atoms with van der Waals surface area (Å²) in [7, 11) is 0. The molecule has 1 amide bonds. The first kappa shape index (κ1) is 24.7. The van der Waals surface area contributed by atoms with E-state index in [4.69, 9.17) is 17.3 Å². The van der Waals surface area contributed by atoms with Crippen LogP contribution in [0.3, 0.4) is 0 Å². The van der Waals surface area contributed by atoms with Crippen molar-refractivity contribution >= 4 is 29.0 Å². The van der Waals surface area contributed by atoms with Crippen LogP contribution in [0.2, 0.25) is 5.02 Å². The molecule has 1 aromatic carbocycles. The third kappa shape index (κ3) is 5.16. The molecule has 0 radical (unpaired) electrons. The summed E-state index contributed by atoms with van der Waals surface area (Å²) in [5, 5.41) is 12.6. The first-order valence-corrected chi connectivity index (χ1v) is 12.2. The summed E-state index contributed by atoms with van der Waals surface area (Å²) in [5.41, 5.74) is 7.99. The fraction of sp³-hybridized carbons (Fsp3) is 0.680. The van der Waals surface area contributed by atoms with Crippen molar-refractivity contribution in [2.24, 2.45) is 37.7 Å². The fourth-order valence-electron chi connectivity index (χ4n) is 5.60. The van der Waals surface area contributed by atoms with Crippen molar-refractivity contribution in [1.29, 1.82) is 0 Å². The van der Waals surface area contributed by atoms with Crippen LogP contribution >= 0.6 is 11.6 Å². The molecule has 2 fully saturated rings. The first-order chi connectivity index (χ1) is 15.1. The lowest BCUT2D eigenvalue weighted by Crippen LogP contribution is -2.56. The van der Waals surface area contributed by atoms with Crippen molar-refractivity contribution in [3.63, 3.8) is 0 Å². The summed E-state index contributed by atoms with van der Waals surface area (Å²) in [5.74, 6) is 0.636. The van der Waals surface area contributed by atoms with Crippen LogP contribution in [0.15, 0.2) is 33.4 Å². The van der Waals surface area contributed by atoms with Crippen molar-refractivity contribution in [2.75, 3.05) is 6.54 Å². The highest BCUT2D eigenvalue weighted by Gasteiger charge is 2.60. The van der Waals surface area contributed by atoms with Crippen LogP contribution < -0.4 is 11.1 Å². The lowest BCUT2D eigenvalue weighted by molar-refractivity contribution is -0.123. The Morgan fingerprint density at radius 3 is 2.69 bits per heavy atom. The third-order valence-corrected chi connectivity index (χ3v) is 8.00. The average molecular weight is 460 g/mol. The van der Waals surface area contributed by atoms with Crippen LogP contribution in [0.5, 0.6) is 0 Å². The Morgan fingerprint density at radius 1 is 1.31 bits per heavy atom. The smallest absolute Gasteiger partial charge is 0.254 e. The number of fused-ring (bicyclic) bond motifs is 2. The number of carbonyl (C=O) groups is 1. The largest absolute Gasteiger partial charge is 0.385 e. The molecule has 3 rings (SSSR count). The van der Waals surface area contributed by atoms with Gasteiger partial charge < -0.3 is 11.1 Å². The Labute approximate surface area is 197 Å². The molecular formula is C25H38ClN5O. The van der Waals surface area contributed by atoms with Crippen LogP contribution in [0.4, 0.5) is 5.69 Å². The van der Waals surface area contributed by atoms with E-state index in [1.165, 1.54) is 6.42 Å². The fourth-order valence-corrected chi connectivity index (χ4v) is 5.72. The third-order valence-electron chi connectivity index (χ3n) is 7.57. The number of amidine groups is 1. The van der Waals surface area contributed by atoms with E-state index in [-0.39, 0.29) is 28.6 Å². The van der Waals surface area contributed by atoms with Gasteiger partial charge in [-0.15, -0.1) is 0 Å². The molecule has 4 unspecified atom stereocenters. The van der Waals surface area contributed by atoms with Gasteiger partial charge in [0.05, 0.1) is 5.69 Å². The van der Waals surface area contributed by atoms with Crippen LogP contribution in [0.25, 0.3) is 0 Å². The minimum Gasteiger partial charge on any atom is -0.385 e. The molecule has 3 N–H and O–H groups in total. The summed E-state index contributed by atoms with van der Waals surface area (Å²) in [6, 6.07) is 4.55. The highest BCUT2D eigenvalue weighted by atomic mass is 35.5. The minimum absolute atomic E-state index is 0.0463. The highest BCUT2D eigenvalue weighted by molar-refractivity contribution is 6.31. The number of rotatable bonds is 9. The number of hydrogen-bond donors (Lipinski definition) is 2. The normalized spacial score (nSPS) is 27.8. The lowest BCUT2D eigenvalue weighted by atomic mass is 9.68. The van der Waals surface area contributed by atoms with Crippen LogP contribution in [-0.2, 0) is 4.79 Å². The zero-order valence-electron chi connectivity index (χ0n) is 20.1. The topological polar surface area (TPSA) is 92.2 Å². The lowest BCUT2D eigenvalue weighted by Gasteiger charge is -2.43. The number of aliphatic imine (C=N–C) groups is 1. The predicted molar refractivity (Wildman–Crippen MR) is 132 cm³/mol. The van der Waals surface area contributed by atoms with Gasteiger partial charge in [0.25, 0.3) is 5.91 Å². The molecule has 0 spiro atoms. The number of amides is 1. The van der Waals surface area contributed by atoms with Gasteiger partial charge in [0.2, 0.25) is 6.04 Å². The summed E-state index contributed by atoms with van der Waals surface area (Å²) in [6.45, 7) is 11.5. The molecule has 4 atom stereocenters. The second-order valence-electron chi connectivity index (χ2n) is 10.4. The standard InChI is InChI=1S/C25H38ClN5O/c1-6-7-8-13-28-21(27)20(31-30-18-9-10-19(26)16(2)14-18)22(32)29-23-24(3,4)17-11-12-25(23,5)15-17/h9-10,14,17,20,23H,6-8,11-13,15H2,1-5H3,(H2,27,28)(H,29,32). The van der Waals surface area contributed by atoms with Gasteiger partial charge in [0, 0.05) is 17.6 Å². The van der Waals surface area contributed by atoms with Crippen molar-refractivity contribution in [1.82, 2.24) is 5.32 Å². The quantitative estimate of drug-likeness (QED) is 0.206.